The Balaban J connectivity index is 2.04. The Kier molecular flexibility index (Phi) is 10.7. The van der Waals surface area contributed by atoms with Crippen molar-refractivity contribution in [2.75, 3.05) is 17.4 Å². The third-order valence-corrected chi connectivity index (χ3v) is 8.62. The van der Waals surface area contributed by atoms with E-state index in [4.69, 9.17) is 11.6 Å². The predicted octanol–water partition coefficient (Wildman–Crippen LogP) is 5.62. The van der Waals surface area contributed by atoms with Crippen LogP contribution in [0.15, 0.2) is 71.6 Å². The Morgan fingerprint density at radius 2 is 1.70 bits per heavy atom. The Labute approximate surface area is 241 Å². The molecule has 7 nitrogen and oxygen atoms in total. The minimum Gasteiger partial charge on any atom is -0.354 e. The maximum absolute atomic E-state index is 14.6. The van der Waals surface area contributed by atoms with Crippen molar-refractivity contribution in [1.29, 1.82) is 0 Å². The van der Waals surface area contributed by atoms with E-state index in [-0.39, 0.29) is 22.7 Å². The van der Waals surface area contributed by atoms with Crippen LogP contribution in [0.25, 0.3) is 0 Å². The van der Waals surface area contributed by atoms with Gasteiger partial charge in [0.05, 0.1) is 10.6 Å². The highest BCUT2D eigenvalue weighted by Crippen LogP contribution is 2.29. The predicted molar refractivity (Wildman–Crippen MR) is 156 cm³/mol. The molecule has 0 aliphatic heterocycles. The first-order valence-electron chi connectivity index (χ1n) is 13.1. The third kappa shape index (κ3) is 7.61. The van der Waals surface area contributed by atoms with Gasteiger partial charge in [-0.2, -0.15) is 0 Å². The number of anilines is 1. The number of halogens is 2. The smallest absolute Gasteiger partial charge is 0.264 e. The standard InChI is InChI=1S/C30H35ClFN3O4S/c1-5-6-17-33-30(37)23(4)34(19-24-9-7-8-10-27(24)32)29(36)20-35(28-16-13-25(31)18-22(28)3)40(38,39)26-14-11-21(2)12-15-26/h7-16,18,23H,5-6,17,19-20H2,1-4H3,(H,33,37)/t23-/m1/s1. The molecule has 2 amide bonds. The zero-order valence-electron chi connectivity index (χ0n) is 23.2. The lowest BCUT2D eigenvalue weighted by Gasteiger charge is -2.32. The molecule has 40 heavy (non-hydrogen) atoms. The Morgan fingerprint density at radius 3 is 2.33 bits per heavy atom. The average Bonchev–Trinajstić information content (AvgIpc) is 2.91. The number of carbonyl (C=O) groups excluding carboxylic acids is 2. The van der Waals surface area contributed by atoms with Crippen LogP contribution in [-0.4, -0.2) is 44.3 Å². The van der Waals surface area contributed by atoms with Crippen molar-refractivity contribution in [3.05, 3.63) is 94.3 Å². The number of nitrogens with one attached hydrogen (secondary N) is 1. The molecule has 0 saturated carbocycles. The van der Waals surface area contributed by atoms with Gasteiger partial charge in [0.2, 0.25) is 11.8 Å². The maximum Gasteiger partial charge on any atom is 0.264 e. The van der Waals surface area contributed by atoms with Crippen molar-refractivity contribution in [2.45, 2.75) is 58.0 Å². The highest BCUT2D eigenvalue weighted by molar-refractivity contribution is 7.92. The van der Waals surface area contributed by atoms with Crippen LogP contribution in [-0.2, 0) is 26.2 Å². The van der Waals surface area contributed by atoms with Crippen LogP contribution in [0.1, 0.15) is 43.4 Å². The highest BCUT2D eigenvalue weighted by atomic mass is 35.5. The summed E-state index contributed by atoms with van der Waals surface area (Å²) in [6.45, 7) is 6.68. The molecule has 214 valence electrons. The molecule has 1 atom stereocenters. The number of aryl methyl sites for hydroxylation is 2. The molecular weight excluding hydrogens is 553 g/mol. The normalized spacial score (nSPS) is 12.1. The number of rotatable bonds is 12. The molecule has 0 spiro atoms. The molecule has 0 aliphatic carbocycles. The Hall–Kier alpha value is -3.43. The second kappa shape index (κ2) is 13.8. The first-order valence-corrected chi connectivity index (χ1v) is 14.9. The molecule has 0 heterocycles. The van der Waals surface area contributed by atoms with Crippen molar-refractivity contribution in [3.63, 3.8) is 0 Å². The van der Waals surface area contributed by atoms with E-state index in [1.165, 1.54) is 35.2 Å². The summed E-state index contributed by atoms with van der Waals surface area (Å²) >= 11 is 6.14. The molecule has 0 fully saturated rings. The van der Waals surface area contributed by atoms with Crippen molar-refractivity contribution >= 4 is 39.1 Å². The van der Waals surface area contributed by atoms with Gasteiger partial charge in [-0.1, -0.05) is 60.8 Å². The van der Waals surface area contributed by atoms with E-state index in [1.54, 1.807) is 50.2 Å². The number of hydrogen-bond donors (Lipinski definition) is 1. The van der Waals surface area contributed by atoms with Gasteiger partial charge in [0.15, 0.2) is 0 Å². The number of unbranched alkanes of at least 4 members (excludes halogenated alkanes) is 1. The van der Waals surface area contributed by atoms with E-state index in [2.05, 4.69) is 5.32 Å². The van der Waals surface area contributed by atoms with Gasteiger partial charge in [0.1, 0.15) is 18.4 Å². The molecule has 0 saturated heterocycles. The van der Waals surface area contributed by atoms with Gasteiger partial charge >= 0.3 is 0 Å². The van der Waals surface area contributed by atoms with Crippen LogP contribution in [0.2, 0.25) is 5.02 Å². The number of sulfonamides is 1. The van der Waals surface area contributed by atoms with Gasteiger partial charge in [-0.05, 0) is 69.2 Å². The van der Waals surface area contributed by atoms with Gasteiger partial charge in [0, 0.05) is 23.7 Å². The summed E-state index contributed by atoms with van der Waals surface area (Å²) in [6.07, 6.45) is 1.64. The molecular formula is C30H35ClFN3O4S. The van der Waals surface area contributed by atoms with E-state index in [9.17, 15) is 22.4 Å². The van der Waals surface area contributed by atoms with Crippen LogP contribution in [0.5, 0.6) is 0 Å². The minimum atomic E-state index is -4.21. The van der Waals surface area contributed by atoms with Crippen LogP contribution >= 0.6 is 11.6 Å². The van der Waals surface area contributed by atoms with Crippen LogP contribution in [0.3, 0.4) is 0 Å². The molecule has 1 N–H and O–H groups in total. The van der Waals surface area contributed by atoms with Crippen LogP contribution in [0.4, 0.5) is 10.1 Å². The number of amides is 2. The number of hydrogen-bond acceptors (Lipinski definition) is 4. The van der Waals surface area contributed by atoms with E-state index in [0.717, 1.165) is 22.7 Å². The average molecular weight is 588 g/mol. The fraction of sp³-hybridized carbons (Fsp3) is 0.333. The summed E-state index contributed by atoms with van der Waals surface area (Å²) < 4.78 is 43.5. The summed E-state index contributed by atoms with van der Waals surface area (Å²) in [5.41, 5.74) is 1.90. The van der Waals surface area contributed by atoms with E-state index in [0.29, 0.717) is 17.1 Å². The van der Waals surface area contributed by atoms with Gasteiger partial charge in [-0.25, -0.2) is 12.8 Å². The summed E-state index contributed by atoms with van der Waals surface area (Å²) in [7, 11) is -4.21. The summed E-state index contributed by atoms with van der Waals surface area (Å²) in [6, 6.07) is 16.0. The number of nitrogens with zero attached hydrogens (tertiary/aromatic N) is 2. The summed E-state index contributed by atoms with van der Waals surface area (Å²) in [5.74, 6) is -1.60. The SMILES string of the molecule is CCCCNC(=O)[C@@H](C)N(Cc1ccccc1F)C(=O)CN(c1ccc(Cl)cc1C)S(=O)(=O)c1ccc(C)cc1. The number of carbonyl (C=O) groups is 2. The van der Waals surface area contributed by atoms with Crippen molar-refractivity contribution in [2.24, 2.45) is 0 Å². The lowest BCUT2D eigenvalue weighted by atomic mass is 10.1. The third-order valence-electron chi connectivity index (χ3n) is 6.61. The molecule has 3 aromatic carbocycles. The first kappa shape index (κ1) is 31.1. The van der Waals surface area contributed by atoms with Crippen LogP contribution < -0.4 is 9.62 Å². The molecule has 0 aliphatic rings. The first-order chi connectivity index (χ1) is 18.9. The topological polar surface area (TPSA) is 86.8 Å². The van der Waals surface area contributed by atoms with Gasteiger partial charge < -0.3 is 10.2 Å². The zero-order chi connectivity index (χ0) is 29.4. The molecule has 0 bridgehead atoms. The quantitative estimate of drug-likeness (QED) is 0.279. The lowest BCUT2D eigenvalue weighted by molar-refractivity contribution is -0.139. The Bertz CT molecular complexity index is 1450. The minimum absolute atomic E-state index is 0.00580. The number of benzene rings is 3. The van der Waals surface area contributed by atoms with E-state index >= 15 is 0 Å². The molecule has 3 rings (SSSR count). The molecule has 0 unspecified atom stereocenters. The molecule has 0 aromatic heterocycles. The maximum atomic E-state index is 14.6. The highest BCUT2D eigenvalue weighted by Gasteiger charge is 2.33. The zero-order valence-corrected chi connectivity index (χ0v) is 24.7. The van der Waals surface area contributed by atoms with Gasteiger partial charge in [0.25, 0.3) is 10.0 Å². The van der Waals surface area contributed by atoms with Gasteiger partial charge in [-0.15, -0.1) is 0 Å². The van der Waals surface area contributed by atoms with Crippen molar-refractivity contribution < 1.29 is 22.4 Å². The van der Waals surface area contributed by atoms with E-state index in [1.807, 2.05) is 13.8 Å². The summed E-state index contributed by atoms with van der Waals surface area (Å²) in [4.78, 5) is 28.1. The van der Waals surface area contributed by atoms with E-state index < -0.39 is 40.2 Å². The molecule has 0 radical (unpaired) electrons. The molecule has 3 aromatic rings. The van der Waals surface area contributed by atoms with Gasteiger partial charge in [-0.3, -0.25) is 13.9 Å². The summed E-state index contributed by atoms with van der Waals surface area (Å²) in [5, 5.41) is 3.22. The van der Waals surface area contributed by atoms with Crippen molar-refractivity contribution in [3.8, 4) is 0 Å². The second-order valence-electron chi connectivity index (χ2n) is 9.69. The monoisotopic (exact) mass is 587 g/mol. The molecule has 10 heteroatoms. The fourth-order valence-corrected chi connectivity index (χ4v) is 5.88. The lowest BCUT2D eigenvalue weighted by Crippen LogP contribution is -2.51. The second-order valence-corrected chi connectivity index (χ2v) is 12.0. The van der Waals surface area contributed by atoms with Crippen molar-refractivity contribution in [1.82, 2.24) is 10.2 Å². The largest absolute Gasteiger partial charge is 0.354 e. The Morgan fingerprint density at radius 1 is 1.02 bits per heavy atom. The fourth-order valence-electron chi connectivity index (χ4n) is 4.18. The van der Waals surface area contributed by atoms with Crippen LogP contribution in [0, 0.1) is 19.7 Å².